The quantitative estimate of drug-likeness (QED) is 0.882. The number of hydrogen-bond acceptors (Lipinski definition) is 4. The van der Waals surface area contributed by atoms with Crippen molar-refractivity contribution in [2.75, 3.05) is 6.54 Å². The van der Waals surface area contributed by atoms with Crippen molar-refractivity contribution < 1.29 is 13.9 Å². The maximum atomic E-state index is 13.7. The van der Waals surface area contributed by atoms with Crippen molar-refractivity contribution in [1.82, 2.24) is 10.3 Å². The van der Waals surface area contributed by atoms with Gasteiger partial charge in [0, 0.05) is 11.4 Å². The van der Waals surface area contributed by atoms with Gasteiger partial charge in [0.1, 0.15) is 16.6 Å². The van der Waals surface area contributed by atoms with Crippen LogP contribution in [0, 0.1) is 25.5 Å². The highest BCUT2D eigenvalue weighted by Crippen LogP contribution is 2.28. The molecule has 6 heteroatoms. The molecule has 0 radical (unpaired) electrons. The lowest BCUT2D eigenvalue weighted by atomic mass is 10.0. The molecule has 0 aliphatic carbocycles. The van der Waals surface area contributed by atoms with Crippen molar-refractivity contribution >= 4 is 11.3 Å². The van der Waals surface area contributed by atoms with Crippen molar-refractivity contribution in [3.05, 3.63) is 51.0 Å². The van der Waals surface area contributed by atoms with Crippen LogP contribution in [-0.2, 0) is 5.54 Å². The third-order valence-electron chi connectivity index (χ3n) is 3.63. The summed E-state index contributed by atoms with van der Waals surface area (Å²) in [4.78, 5) is 5.62. The number of rotatable bonds is 5. The molecule has 1 aromatic heterocycles. The summed E-state index contributed by atoms with van der Waals surface area (Å²) in [5.41, 5.74) is 0.166. The standard InChI is InChI=1S/C16H20F2N2OS/c1-9-10(2)22-15(20-9)16(3,4)19-8-13(21)14-11(17)6-5-7-12(14)18/h5-7,13,19,21H,8H2,1-4H3. The monoisotopic (exact) mass is 326 g/mol. The number of aryl methyl sites for hydroxylation is 2. The van der Waals surface area contributed by atoms with Crippen molar-refractivity contribution in [2.45, 2.75) is 39.3 Å². The Labute approximate surface area is 133 Å². The lowest BCUT2D eigenvalue weighted by molar-refractivity contribution is 0.152. The van der Waals surface area contributed by atoms with E-state index in [1.165, 1.54) is 6.07 Å². The second-order valence-electron chi connectivity index (χ2n) is 5.82. The van der Waals surface area contributed by atoms with Gasteiger partial charge >= 0.3 is 0 Å². The Balaban J connectivity index is 2.11. The molecular weight excluding hydrogens is 306 g/mol. The number of aliphatic hydroxyl groups is 1. The minimum Gasteiger partial charge on any atom is -0.387 e. The first kappa shape index (κ1) is 17.0. The van der Waals surface area contributed by atoms with Gasteiger partial charge in [-0.25, -0.2) is 13.8 Å². The van der Waals surface area contributed by atoms with Crippen LogP contribution in [0.3, 0.4) is 0 Å². The Kier molecular flexibility index (Phi) is 4.94. The zero-order valence-corrected chi connectivity index (χ0v) is 13.9. The molecule has 1 aromatic carbocycles. The topological polar surface area (TPSA) is 45.2 Å². The second kappa shape index (κ2) is 6.40. The molecule has 2 N–H and O–H groups in total. The summed E-state index contributed by atoms with van der Waals surface area (Å²) in [6.45, 7) is 7.82. The zero-order chi connectivity index (χ0) is 16.5. The number of thiazole rings is 1. The van der Waals surface area contributed by atoms with Gasteiger partial charge in [0.05, 0.1) is 22.9 Å². The van der Waals surface area contributed by atoms with Gasteiger partial charge in [-0.05, 0) is 39.8 Å². The highest BCUT2D eigenvalue weighted by Gasteiger charge is 2.27. The lowest BCUT2D eigenvalue weighted by Crippen LogP contribution is -2.39. The summed E-state index contributed by atoms with van der Waals surface area (Å²) in [6, 6.07) is 3.56. The van der Waals surface area contributed by atoms with E-state index in [4.69, 9.17) is 0 Å². The molecule has 0 spiro atoms. The Hall–Kier alpha value is -1.37. The summed E-state index contributed by atoms with van der Waals surface area (Å²) >= 11 is 1.57. The molecule has 0 bridgehead atoms. The number of benzene rings is 1. The number of aromatic nitrogens is 1. The first-order valence-electron chi connectivity index (χ1n) is 7.04. The second-order valence-corrected chi connectivity index (χ2v) is 7.02. The van der Waals surface area contributed by atoms with Crippen molar-refractivity contribution in [2.24, 2.45) is 0 Å². The van der Waals surface area contributed by atoms with Crippen LogP contribution < -0.4 is 5.32 Å². The van der Waals surface area contributed by atoms with Gasteiger partial charge in [0.2, 0.25) is 0 Å². The largest absolute Gasteiger partial charge is 0.387 e. The third kappa shape index (κ3) is 3.51. The summed E-state index contributed by atoms with van der Waals surface area (Å²) in [6.07, 6.45) is -1.26. The van der Waals surface area contributed by atoms with Gasteiger partial charge in [-0.1, -0.05) is 6.07 Å². The number of nitrogens with zero attached hydrogens (tertiary/aromatic N) is 1. The van der Waals surface area contributed by atoms with Gasteiger partial charge in [0.15, 0.2) is 0 Å². The van der Waals surface area contributed by atoms with Crippen LogP contribution in [0.2, 0.25) is 0 Å². The molecule has 0 aliphatic rings. The molecule has 2 rings (SSSR count). The molecule has 0 saturated heterocycles. The van der Waals surface area contributed by atoms with E-state index in [0.717, 1.165) is 27.7 Å². The minimum atomic E-state index is -1.26. The van der Waals surface area contributed by atoms with Crippen LogP contribution in [0.5, 0.6) is 0 Å². The van der Waals surface area contributed by atoms with Crippen LogP contribution in [0.4, 0.5) is 8.78 Å². The molecular formula is C16H20F2N2OS. The molecule has 1 atom stereocenters. The first-order valence-corrected chi connectivity index (χ1v) is 7.85. The van der Waals surface area contributed by atoms with E-state index in [2.05, 4.69) is 10.3 Å². The van der Waals surface area contributed by atoms with E-state index in [1.807, 2.05) is 27.7 Å². The van der Waals surface area contributed by atoms with Crippen LogP contribution in [-0.4, -0.2) is 16.6 Å². The predicted molar refractivity (Wildman–Crippen MR) is 83.9 cm³/mol. The van der Waals surface area contributed by atoms with Crippen LogP contribution in [0.1, 0.15) is 41.1 Å². The number of aliphatic hydroxyl groups excluding tert-OH is 1. The normalized spacial score (nSPS) is 13.4. The Morgan fingerprint density at radius 3 is 2.36 bits per heavy atom. The van der Waals surface area contributed by atoms with Crippen molar-refractivity contribution in [3.8, 4) is 0 Å². The van der Waals surface area contributed by atoms with E-state index >= 15 is 0 Å². The van der Waals surface area contributed by atoms with Gasteiger partial charge in [0.25, 0.3) is 0 Å². The summed E-state index contributed by atoms with van der Waals surface area (Å²) in [5.74, 6) is -1.49. The molecule has 120 valence electrons. The maximum absolute atomic E-state index is 13.7. The lowest BCUT2D eigenvalue weighted by Gasteiger charge is -2.26. The molecule has 2 aromatic rings. The van der Waals surface area contributed by atoms with Crippen molar-refractivity contribution in [1.29, 1.82) is 0 Å². The minimum absolute atomic E-state index is 0.0303. The fraction of sp³-hybridized carbons (Fsp3) is 0.438. The predicted octanol–water partition coefficient (Wildman–Crippen LogP) is 3.60. The summed E-state index contributed by atoms with van der Waals surface area (Å²) in [5, 5.41) is 14.1. The fourth-order valence-electron chi connectivity index (χ4n) is 2.10. The SMILES string of the molecule is Cc1nc(C(C)(C)NCC(O)c2c(F)cccc2F)sc1C. The highest BCUT2D eigenvalue weighted by atomic mass is 32.1. The molecule has 3 nitrogen and oxygen atoms in total. The van der Waals surface area contributed by atoms with Crippen LogP contribution in [0.15, 0.2) is 18.2 Å². The summed E-state index contributed by atoms with van der Waals surface area (Å²) < 4.78 is 27.3. The molecule has 0 amide bonds. The van der Waals surface area contributed by atoms with Gasteiger partial charge in [-0.3, -0.25) is 0 Å². The molecule has 0 saturated carbocycles. The number of nitrogens with one attached hydrogen (secondary N) is 1. The average Bonchev–Trinajstić information content (AvgIpc) is 2.77. The molecule has 0 fully saturated rings. The van der Waals surface area contributed by atoms with E-state index in [0.29, 0.717) is 0 Å². The Bertz CT molecular complexity index is 630. The molecule has 22 heavy (non-hydrogen) atoms. The highest BCUT2D eigenvalue weighted by molar-refractivity contribution is 7.11. The molecule has 1 heterocycles. The van der Waals surface area contributed by atoms with Gasteiger partial charge < -0.3 is 10.4 Å². The molecule has 0 aliphatic heterocycles. The maximum Gasteiger partial charge on any atom is 0.131 e. The summed E-state index contributed by atoms with van der Waals surface area (Å²) in [7, 11) is 0. The third-order valence-corrected chi connectivity index (χ3v) is 5.03. The number of halogens is 2. The number of hydrogen-bond donors (Lipinski definition) is 2. The van der Waals surface area contributed by atoms with Crippen LogP contribution in [0.25, 0.3) is 0 Å². The van der Waals surface area contributed by atoms with Crippen molar-refractivity contribution in [3.63, 3.8) is 0 Å². The van der Waals surface area contributed by atoms with Crippen LogP contribution >= 0.6 is 11.3 Å². The van der Waals surface area contributed by atoms with E-state index in [1.54, 1.807) is 11.3 Å². The zero-order valence-electron chi connectivity index (χ0n) is 13.1. The van der Waals surface area contributed by atoms with E-state index in [9.17, 15) is 13.9 Å². The Morgan fingerprint density at radius 2 is 1.86 bits per heavy atom. The van der Waals surface area contributed by atoms with E-state index in [-0.39, 0.29) is 12.1 Å². The molecule has 1 unspecified atom stereocenters. The fourth-order valence-corrected chi connectivity index (χ4v) is 3.09. The first-order chi connectivity index (χ1) is 10.2. The van der Waals surface area contributed by atoms with E-state index < -0.39 is 23.3 Å². The van der Waals surface area contributed by atoms with Gasteiger partial charge in [-0.2, -0.15) is 0 Å². The smallest absolute Gasteiger partial charge is 0.131 e. The Morgan fingerprint density at radius 1 is 1.27 bits per heavy atom. The average molecular weight is 326 g/mol. The van der Waals surface area contributed by atoms with Gasteiger partial charge in [-0.15, -0.1) is 11.3 Å².